The Bertz CT molecular complexity index is 1200. The van der Waals surface area contributed by atoms with Gasteiger partial charge in [0.2, 0.25) is 0 Å². The van der Waals surface area contributed by atoms with Crippen molar-refractivity contribution >= 4 is 0 Å². The molecular formula is C20H17F3N4O3. The lowest BCUT2D eigenvalue weighted by atomic mass is 10.1. The highest BCUT2D eigenvalue weighted by Crippen LogP contribution is 2.33. The van der Waals surface area contributed by atoms with Crippen molar-refractivity contribution in [2.75, 3.05) is 0 Å². The maximum absolute atomic E-state index is 15.2. The molecule has 0 saturated carbocycles. The molecule has 0 saturated heterocycles. The minimum absolute atomic E-state index is 0.0402. The average Bonchev–Trinajstić information content (AvgIpc) is 3.00. The number of hydrogen-bond acceptors (Lipinski definition) is 5. The average molecular weight is 418 g/mol. The zero-order valence-corrected chi connectivity index (χ0v) is 16.1. The second kappa shape index (κ2) is 8.42. The lowest BCUT2D eigenvalue weighted by molar-refractivity contribution is 0.151. The van der Waals surface area contributed by atoms with Crippen LogP contribution in [0.5, 0.6) is 11.5 Å². The van der Waals surface area contributed by atoms with Crippen molar-refractivity contribution in [3.05, 3.63) is 74.7 Å². The van der Waals surface area contributed by atoms with E-state index in [-0.39, 0.29) is 34.9 Å². The Morgan fingerprint density at radius 3 is 2.63 bits per heavy atom. The summed E-state index contributed by atoms with van der Waals surface area (Å²) < 4.78 is 48.9. The van der Waals surface area contributed by atoms with Crippen LogP contribution in [0.2, 0.25) is 0 Å². The molecule has 30 heavy (non-hydrogen) atoms. The standard InChI is InChI=1S/C20H17F3N4O3/c1-11-3-4-13(8-16-25-27(10-28)20(29)26(16)2)17(21)18(11)30-15-6-12(9-24)5-14(7-15)19(22)23/h3-7,19,28H,8,10H2,1-2H3. The summed E-state index contributed by atoms with van der Waals surface area (Å²) in [5.74, 6) is -0.814. The molecule has 0 atom stereocenters. The molecule has 0 bridgehead atoms. The molecule has 156 valence electrons. The van der Waals surface area contributed by atoms with Crippen LogP contribution in [0, 0.1) is 24.1 Å². The minimum atomic E-state index is -2.82. The van der Waals surface area contributed by atoms with Crippen LogP contribution in [0.3, 0.4) is 0 Å². The third-order valence-electron chi connectivity index (χ3n) is 4.52. The molecule has 1 aromatic heterocycles. The fourth-order valence-corrected chi connectivity index (χ4v) is 2.89. The van der Waals surface area contributed by atoms with Crippen molar-refractivity contribution in [3.63, 3.8) is 0 Å². The SMILES string of the molecule is Cc1ccc(Cc2nn(CO)c(=O)n2C)c(F)c1Oc1cc(C#N)cc(C(F)F)c1. The van der Waals surface area contributed by atoms with Crippen molar-refractivity contribution in [2.45, 2.75) is 26.5 Å². The highest BCUT2D eigenvalue weighted by molar-refractivity contribution is 5.46. The van der Waals surface area contributed by atoms with Crippen LogP contribution in [0.1, 0.15) is 34.5 Å². The number of alkyl halides is 2. The molecule has 0 unspecified atom stereocenters. The van der Waals surface area contributed by atoms with Crippen molar-refractivity contribution in [2.24, 2.45) is 7.05 Å². The summed E-state index contributed by atoms with van der Waals surface area (Å²) in [4.78, 5) is 11.9. The summed E-state index contributed by atoms with van der Waals surface area (Å²) >= 11 is 0. The van der Waals surface area contributed by atoms with E-state index >= 15 is 4.39 Å². The van der Waals surface area contributed by atoms with E-state index < -0.39 is 30.2 Å². The number of halogens is 3. The van der Waals surface area contributed by atoms with E-state index in [0.29, 0.717) is 5.56 Å². The zero-order chi connectivity index (χ0) is 22.0. The quantitative estimate of drug-likeness (QED) is 0.664. The number of aliphatic hydroxyl groups excluding tert-OH is 1. The molecule has 1 N–H and O–H groups in total. The van der Waals surface area contributed by atoms with E-state index in [0.717, 1.165) is 16.8 Å². The Hall–Kier alpha value is -3.58. The second-order valence-corrected chi connectivity index (χ2v) is 6.57. The van der Waals surface area contributed by atoms with Gasteiger partial charge in [0.1, 0.15) is 18.3 Å². The van der Waals surface area contributed by atoms with E-state index in [4.69, 9.17) is 15.1 Å². The first-order valence-electron chi connectivity index (χ1n) is 8.77. The first-order valence-corrected chi connectivity index (χ1v) is 8.77. The van der Waals surface area contributed by atoms with E-state index in [2.05, 4.69) is 5.10 Å². The van der Waals surface area contributed by atoms with Crippen LogP contribution in [-0.2, 0) is 20.2 Å². The monoisotopic (exact) mass is 418 g/mol. The van der Waals surface area contributed by atoms with Gasteiger partial charge in [-0.3, -0.25) is 4.57 Å². The summed E-state index contributed by atoms with van der Waals surface area (Å²) in [5.41, 5.74) is -0.444. The van der Waals surface area contributed by atoms with Crippen molar-refractivity contribution in [3.8, 4) is 17.6 Å². The van der Waals surface area contributed by atoms with Gasteiger partial charge in [0, 0.05) is 19.0 Å². The minimum Gasteiger partial charge on any atom is -0.454 e. The predicted octanol–water partition coefficient (Wildman–Crippen LogP) is 3.17. The Morgan fingerprint density at radius 1 is 1.30 bits per heavy atom. The van der Waals surface area contributed by atoms with Gasteiger partial charge in [-0.2, -0.15) is 15.0 Å². The van der Waals surface area contributed by atoms with E-state index in [9.17, 15) is 13.6 Å². The molecule has 0 amide bonds. The fourth-order valence-electron chi connectivity index (χ4n) is 2.89. The van der Waals surface area contributed by atoms with Crippen molar-refractivity contribution < 1.29 is 23.0 Å². The van der Waals surface area contributed by atoms with Gasteiger partial charge in [-0.15, -0.1) is 0 Å². The third-order valence-corrected chi connectivity index (χ3v) is 4.52. The molecule has 0 aliphatic heterocycles. The summed E-state index contributed by atoms with van der Waals surface area (Å²) in [6.07, 6.45) is -2.89. The van der Waals surface area contributed by atoms with Gasteiger partial charge in [0.25, 0.3) is 6.43 Å². The number of nitriles is 1. The van der Waals surface area contributed by atoms with Gasteiger partial charge in [0.05, 0.1) is 11.6 Å². The number of hydrogen-bond donors (Lipinski definition) is 1. The Kier molecular flexibility index (Phi) is 5.94. The summed E-state index contributed by atoms with van der Waals surface area (Å²) in [6, 6.07) is 8.17. The van der Waals surface area contributed by atoms with Crippen LogP contribution in [-0.4, -0.2) is 19.5 Å². The molecule has 0 aliphatic rings. The lowest BCUT2D eigenvalue weighted by Gasteiger charge is -2.14. The molecule has 7 nitrogen and oxygen atoms in total. The van der Waals surface area contributed by atoms with Crippen LogP contribution < -0.4 is 10.4 Å². The topological polar surface area (TPSA) is 93.1 Å². The number of aryl methyl sites for hydroxylation is 1. The predicted molar refractivity (Wildman–Crippen MR) is 99.8 cm³/mol. The highest BCUT2D eigenvalue weighted by atomic mass is 19.3. The van der Waals surface area contributed by atoms with Gasteiger partial charge in [-0.05, 0) is 36.2 Å². The number of benzene rings is 2. The van der Waals surface area contributed by atoms with Gasteiger partial charge < -0.3 is 9.84 Å². The Balaban J connectivity index is 1.99. The van der Waals surface area contributed by atoms with E-state index in [1.54, 1.807) is 19.1 Å². The summed E-state index contributed by atoms with van der Waals surface area (Å²) in [7, 11) is 1.44. The molecular weight excluding hydrogens is 401 g/mol. The highest BCUT2D eigenvalue weighted by Gasteiger charge is 2.19. The molecule has 0 spiro atoms. The third kappa shape index (κ3) is 4.06. The van der Waals surface area contributed by atoms with Gasteiger partial charge in [-0.25, -0.2) is 18.0 Å². The number of rotatable bonds is 6. The maximum atomic E-state index is 15.2. The second-order valence-electron chi connectivity index (χ2n) is 6.57. The molecule has 0 fully saturated rings. The Morgan fingerprint density at radius 2 is 2.03 bits per heavy atom. The van der Waals surface area contributed by atoms with Gasteiger partial charge in [0.15, 0.2) is 11.6 Å². The molecule has 3 rings (SSSR count). The molecule has 2 aromatic carbocycles. The molecule has 1 heterocycles. The maximum Gasteiger partial charge on any atom is 0.347 e. The van der Waals surface area contributed by atoms with E-state index in [1.807, 2.05) is 0 Å². The van der Waals surface area contributed by atoms with Crippen LogP contribution in [0.15, 0.2) is 35.1 Å². The fraction of sp³-hybridized carbons (Fsp3) is 0.250. The smallest absolute Gasteiger partial charge is 0.347 e. The molecule has 10 heteroatoms. The van der Waals surface area contributed by atoms with Gasteiger partial charge in [-0.1, -0.05) is 12.1 Å². The molecule has 0 radical (unpaired) electrons. The van der Waals surface area contributed by atoms with Crippen molar-refractivity contribution in [1.29, 1.82) is 5.26 Å². The summed E-state index contributed by atoms with van der Waals surface area (Å²) in [6.45, 7) is 0.972. The van der Waals surface area contributed by atoms with E-state index in [1.165, 1.54) is 23.7 Å². The normalized spacial score (nSPS) is 11.0. The number of ether oxygens (including phenoxy) is 1. The number of aromatic nitrogens is 3. The first kappa shape index (κ1) is 21.1. The van der Waals surface area contributed by atoms with Crippen LogP contribution >= 0.6 is 0 Å². The summed E-state index contributed by atoms with van der Waals surface area (Å²) in [5, 5.41) is 22.1. The van der Waals surface area contributed by atoms with Crippen LogP contribution in [0.25, 0.3) is 0 Å². The molecule has 3 aromatic rings. The molecule has 0 aliphatic carbocycles. The lowest BCUT2D eigenvalue weighted by Crippen LogP contribution is -2.23. The van der Waals surface area contributed by atoms with Crippen molar-refractivity contribution in [1.82, 2.24) is 14.3 Å². The van der Waals surface area contributed by atoms with Crippen LogP contribution in [0.4, 0.5) is 13.2 Å². The Labute approximate surface area is 169 Å². The number of nitrogens with zero attached hydrogens (tertiary/aromatic N) is 4. The largest absolute Gasteiger partial charge is 0.454 e. The zero-order valence-electron chi connectivity index (χ0n) is 16.1. The first-order chi connectivity index (χ1) is 14.2. The number of aliphatic hydroxyl groups is 1. The van der Waals surface area contributed by atoms with Gasteiger partial charge >= 0.3 is 5.69 Å².